The second kappa shape index (κ2) is 5.68. The number of methoxy groups -OCH3 is 2. The number of anilines is 2. The molecule has 1 fully saturated rings. The van der Waals surface area contributed by atoms with Gasteiger partial charge in [0.25, 0.3) is 0 Å². The third-order valence-corrected chi connectivity index (χ3v) is 3.68. The van der Waals surface area contributed by atoms with Gasteiger partial charge < -0.3 is 25.3 Å². The van der Waals surface area contributed by atoms with Crippen molar-refractivity contribution < 1.29 is 19.0 Å². The van der Waals surface area contributed by atoms with Gasteiger partial charge in [-0.15, -0.1) is 0 Å². The maximum atomic E-state index is 11.6. The van der Waals surface area contributed by atoms with Crippen LogP contribution in [0.2, 0.25) is 0 Å². The van der Waals surface area contributed by atoms with E-state index in [4.69, 9.17) is 19.9 Å². The summed E-state index contributed by atoms with van der Waals surface area (Å²) in [7, 11) is 3.00. The van der Waals surface area contributed by atoms with Gasteiger partial charge >= 0.3 is 5.97 Å². The highest BCUT2D eigenvalue weighted by atomic mass is 16.6. The molecule has 1 aromatic rings. The second-order valence-corrected chi connectivity index (χ2v) is 5.02. The van der Waals surface area contributed by atoms with Crippen LogP contribution in [-0.4, -0.2) is 45.0 Å². The minimum absolute atomic E-state index is 0.0392. The van der Waals surface area contributed by atoms with Crippen LogP contribution in [0.15, 0.2) is 18.2 Å². The number of carbonyl (C=O) groups is 1. The quantitative estimate of drug-likeness (QED) is 0.638. The molecule has 0 bridgehead atoms. The highest BCUT2D eigenvalue weighted by Crippen LogP contribution is 2.28. The molecule has 0 radical (unpaired) electrons. The number of nitrogens with one attached hydrogen (secondary N) is 1. The topological polar surface area (TPSA) is 82.8 Å². The molecular formula is C14H20N2O4. The van der Waals surface area contributed by atoms with Crippen molar-refractivity contribution in [1.29, 1.82) is 0 Å². The lowest BCUT2D eigenvalue weighted by Crippen LogP contribution is -2.45. The van der Waals surface area contributed by atoms with Crippen molar-refractivity contribution >= 4 is 17.3 Å². The van der Waals surface area contributed by atoms with Gasteiger partial charge in [0.05, 0.1) is 43.3 Å². The summed E-state index contributed by atoms with van der Waals surface area (Å²) in [6.07, 6.45) is 0. The number of rotatable bonds is 4. The molecule has 110 valence electrons. The maximum Gasteiger partial charge on any atom is 0.337 e. The molecule has 20 heavy (non-hydrogen) atoms. The van der Waals surface area contributed by atoms with Gasteiger partial charge in [-0.1, -0.05) is 0 Å². The number of nitrogen functional groups attached to an aromatic ring is 1. The van der Waals surface area contributed by atoms with Gasteiger partial charge in [0.15, 0.2) is 0 Å². The van der Waals surface area contributed by atoms with E-state index in [0.29, 0.717) is 30.2 Å². The molecule has 1 aliphatic rings. The summed E-state index contributed by atoms with van der Waals surface area (Å²) in [5, 5.41) is 3.29. The zero-order valence-corrected chi connectivity index (χ0v) is 11.9. The number of hydrogen-bond acceptors (Lipinski definition) is 6. The first kappa shape index (κ1) is 14.6. The van der Waals surface area contributed by atoms with Crippen molar-refractivity contribution in [2.24, 2.45) is 0 Å². The summed E-state index contributed by atoms with van der Waals surface area (Å²) in [5.41, 5.74) is 7.20. The first-order chi connectivity index (χ1) is 9.50. The third kappa shape index (κ3) is 2.71. The number of nitrogens with two attached hydrogens (primary N) is 1. The Morgan fingerprint density at radius 3 is 2.90 bits per heavy atom. The Labute approximate surface area is 118 Å². The molecule has 1 aliphatic heterocycles. The minimum atomic E-state index is -0.423. The van der Waals surface area contributed by atoms with E-state index in [1.54, 1.807) is 25.3 Å². The fourth-order valence-corrected chi connectivity index (χ4v) is 2.17. The lowest BCUT2D eigenvalue weighted by atomic mass is 9.99. The van der Waals surface area contributed by atoms with Crippen molar-refractivity contribution in [3.8, 4) is 0 Å². The van der Waals surface area contributed by atoms with Gasteiger partial charge in [-0.05, 0) is 25.1 Å². The Hall–Kier alpha value is -1.79. The number of benzene rings is 1. The van der Waals surface area contributed by atoms with Gasteiger partial charge in [0.1, 0.15) is 5.60 Å². The van der Waals surface area contributed by atoms with Gasteiger partial charge in [0, 0.05) is 7.11 Å². The van der Waals surface area contributed by atoms with Crippen LogP contribution in [0.4, 0.5) is 11.4 Å². The van der Waals surface area contributed by atoms with E-state index in [1.165, 1.54) is 7.11 Å². The molecule has 2 atom stereocenters. The number of hydrogen-bond donors (Lipinski definition) is 2. The highest BCUT2D eigenvalue weighted by Gasteiger charge is 2.40. The smallest absolute Gasteiger partial charge is 0.337 e. The molecular weight excluding hydrogens is 260 g/mol. The summed E-state index contributed by atoms with van der Waals surface area (Å²) < 4.78 is 15.7. The standard InChI is InChI=1S/C14H20N2O4/c1-14(19-3)8-20-7-12(14)16-11-6-9(13(17)18-2)4-5-10(11)15/h4-6,12,16H,7-8,15H2,1-3H3/t12-,14+/m1/s1. The average Bonchev–Trinajstić information content (AvgIpc) is 2.82. The molecule has 1 saturated heterocycles. The molecule has 0 aliphatic carbocycles. The van der Waals surface area contributed by atoms with Crippen LogP contribution in [0.1, 0.15) is 17.3 Å². The average molecular weight is 280 g/mol. The van der Waals surface area contributed by atoms with Gasteiger partial charge in [0.2, 0.25) is 0 Å². The van der Waals surface area contributed by atoms with Crippen LogP contribution in [0.3, 0.4) is 0 Å². The molecule has 0 aromatic heterocycles. The fourth-order valence-electron chi connectivity index (χ4n) is 2.17. The lowest BCUT2D eigenvalue weighted by molar-refractivity contribution is -0.00617. The number of esters is 1. The van der Waals surface area contributed by atoms with E-state index in [2.05, 4.69) is 5.32 Å². The van der Waals surface area contributed by atoms with Crippen LogP contribution in [0.5, 0.6) is 0 Å². The molecule has 3 N–H and O–H groups in total. The van der Waals surface area contributed by atoms with Gasteiger partial charge in [-0.3, -0.25) is 0 Å². The van der Waals surface area contributed by atoms with Crippen molar-refractivity contribution in [1.82, 2.24) is 0 Å². The number of carbonyl (C=O) groups excluding carboxylic acids is 1. The van der Waals surface area contributed by atoms with E-state index in [-0.39, 0.29) is 6.04 Å². The summed E-state index contributed by atoms with van der Waals surface area (Å²) in [6, 6.07) is 4.94. The molecule has 2 rings (SSSR count). The van der Waals surface area contributed by atoms with Crippen LogP contribution in [0.25, 0.3) is 0 Å². The molecule has 0 spiro atoms. The van der Waals surface area contributed by atoms with E-state index in [1.807, 2.05) is 6.92 Å². The zero-order valence-electron chi connectivity index (χ0n) is 11.9. The SMILES string of the molecule is COC(=O)c1ccc(N)c(N[C@@H]2COC[C@]2(C)OC)c1. The normalized spacial score (nSPS) is 25.4. The largest absolute Gasteiger partial charge is 0.465 e. The molecule has 1 aromatic carbocycles. The van der Waals surface area contributed by atoms with E-state index in [9.17, 15) is 4.79 Å². The summed E-state index contributed by atoms with van der Waals surface area (Å²) in [4.78, 5) is 11.6. The van der Waals surface area contributed by atoms with Crippen LogP contribution >= 0.6 is 0 Å². The Kier molecular flexibility index (Phi) is 4.15. The Balaban J connectivity index is 2.22. The van der Waals surface area contributed by atoms with Gasteiger partial charge in [-0.2, -0.15) is 0 Å². The summed E-state index contributed by atoms with van der Waals surface area (Å²) in [6.45, 7) is 3.00. The van der Waals surface area contributed by atoms with Crippen LogP contribution in [-0.2, 0) is 14.2 Å². The predicted molar refractivity (Wildman–Crippen MR) is 75.8 cm³/mol. The number of ether oxygens (including phenoxy) is 3. The fraction of sp³-hybridized carbons (Fsp3) is 0.500. The summed E-state index contributed by atoms with van der Waals surface area (Å²) >= 11 is 0. The molecule has 0 saturated carbocycles. The van der Waals surface area contributed by atoms with E-state index >= 15 is 0 Å². The van der Waals surface area contributed by atoms with E-state index < -0.39 is 11.6 Å². The monoisotopic (exact) mass is 280 g/mol. The van der Waals surface area contributed by atoms with E-state index in [0.717, 1.165) is 0 Å². The summed E-state index contributed by atoms with van der Waals surface area (Å²) in [5.74, 6) is -0.398. The lowest BCUT2D eigenvalue weighted by Gasteiger charge is -2.29. The predicted octanol–water partition coefficient (Wildman–Crippen LogP) is 1.27. The van der Waals surface area contributed by atoms with Crippen molar-refractivity contribution in [2.75, 3.05) is 38.5 Å². The van der Waals surface area contributed by atoms with Crippen molar-refractivity contribution in [2.45, 2.75) is 18.6 Å². The molecule has 0 amide bonds. The van der Waals surface area contributed by atoms with Crippen molar-refractivity contribution in [3.63, 3.8) is 0 Å². The molecule has 6 nitrogen and oxygen atoms in total. The molecule has 1 heterocycles. The Bertz CT molecular complexity index is 506. The van der Waals surface area contributed by atoms with Gasteiger partial charge in [-0.25, -0.2) is 4.79 Å². The third-order valence-electron chi connectivity index (χ3n) is 3.68. The van der Waals surface area contributed by atoms with Crippen LogP contribution < -0.4 is 11.1 Å². The Morgan fingerprint density at radius 2 is 2.25 bits per heavy atom. The van der Waals surface area contributed by atoms with Crippen LogP contribution in [0, 0.1) is 0 Å². The Morgan fingerprint density at radius 1 is 1.50 bits per heavy atom. The maximum absolute atomic E-state index is 11.6. The van der Waals surface area contributed by atoms with Crippen molar-refractivity contribution in [3.05, 3.63) is 23.8 Å². The minimum Gasteiger partial charge on any atom is -0.465 e. The molecule has 0 unspecified atom stereocenters. The highest BCUT2D eigenvalue weighted by molar-refractivity contribution is 5.92. The molecule has 6 heteroatoms. The zero-order chi connectivity index (χ0) is 14.8. The first-order valence-corrected chi connectivity index (χ1v) is 6.37. The second-order valence-electron chi connectivity index (χ2n) is 5.02. The first-order valence-electron chi connectivity index (χ1n) is 6.37.